The number of hydrogen-bond acceptors (Lipinski definition) is 6. The highest BCUT2D eigenvalue weighted by atomic mass is 16.6. The van der Waals surface area contributed by atoms with E-state index in [1.807, 2.05) is 39.8 Å². The van der Waals surface area contributed by atoms with Crippen molar-refractivity contribution in [3.05, 3.63) is 39.7 Å². The molecule has 186 valence electrons. The first-order valence-electron chi connectivity index (χ1n) is 12.3. The van der Waals surface area contributed by atoms with Crippen LogP contribution in [0.4, 0.5) is 4.79 Å². The quantitative estimate of drug-likeness (QED) is 0.317. The summed E-state index contributed by atoms with van der Waals surface area (Å²) < 4.78 is 16.6. The summed E-state index contributed by atoms with van der Waals surface area (Å²) in [7, 11) is 0. The van der Waals surface area contributed by atoms with Gasteiger partial charge in [-0.05, 0) is 95.4 Å². The Hall–Kier alpha value is -2.83. The van der Waals surface area contributed by atoms with Gasteiger partial charge in [-0.3, -0.25) is 4.79 Å². The lowest BCUT2D eigenvalue weighted by Crippen LogP contribution is -2.36. The van der Waals surface area contributed by atoms with Gasteiger partial charge in [0.05, 0.1) is 11.3 Å². The van der Waals surface area contributed by atoms with Crippen LogP contribution in [0.15, 0.2) is 27.4 Å². The van der Waals surface area contributed by atoms with Gasteiger partial charge in [0, 0.05) is 12.6 Å². The Balaban J connectivity index is 1.64. The minimum atomic E-state index is -0.523. The van der Waals surface area contributed by atoms with Crippen molar-refractivity contribution in [1.82, 2.24) is 5.32 Å². The summed E-state index contributed by atoms with van der Waals surface area (Å²) >= 11 is 0. The van der Waals surface area contributed by atoms with Gasteiger partial charge in [-0.1, -0.05) is 13.3 Å². The highest BCUT2D eigenvalue weighted by Gasteiger charge is 2.29. The minimum absolute atomic E-state index is 0.192. The van der Waals surface area contributed by atoms with E-state index in [4.69, 9.17) is 13.9 Å². The van der Waals surface area contributed by atoms with Gasteiger partial charge >= 0.3 is 17.7 Å². The molecule has 1 aromatic carbocycles. The third-order valence-electron chi connectivity index (χ3n) is 6.16. The van der Waals surface area contributed by atoms with Crippen molar-refractivity contribution in [2.75, 3.05) is 6.54 Å². The lowest BCUT2D eigenvalue weighted by molar-refractivity contribution is -0.140. The summed E-state index contributed by atoms with van der Waals surface area (Å²) in [5, 5.41) is 3.54. The van der Waals surface area contributed by atoms with E-state index in [0.717, 1.165) is 43.2 Å². The molecule has 0 aliphatic heterocycles. The van der Waals surface area contributed by atoms with Crippen LogP contribution in [0.3, 0.4) is 0 Å². The van der Waals surface area contributed by atoms with Gasteiger partial charge in [-0.2, -0.15) is 0 Å². The molecular formula is C27H37NO6. The number of ether oxygens (including phenoxy) is 2. The van der Waals surface area contributed by atoms with Crippen molar-refractivity contribution < 1.29 is 23.5 Å². The Morgan fingerprint density at radius 1 is 1.12 bits per heavy atom. The van der Waals surface area contributed by atoms with Crippen molar-refractivity contribution in [3.63, 3.8) is 0 Å². The zero-order chi connectivity index (χ0) is 24.9. The third kappa shape index (κ3) is 7.08. The number of rotatable bonds is 7. The summed E-state index contributed by atoms with van der Waals surface area (Å²) in [5.74, 6) is 0.330. The van der Waals surface area contributed by atoms with Crippen LogP contribution in [-0.2, 0) is 16.0 Å². The molecule has 0 saturated heterocycles. The Kier molecular flexibility index (Phi) is 8.39. The molecule has 3 rings (SSSR count). The predicted octanol–water partition coefficient (Wildman–Crippen LogP) is 5.68. The van der Waals surface area contributed by atoms with Crippen molar-refractivity contribution in [2.45, 2.75) is 85.2 Å². The summed E-state index contributed by atoms with van der Waals surface area (Å²) in [6.07, 6.45) is 5.33. The van der Waals surface area contributed by atoms with E-state index in [1.165, 1.54) is 6.07 Å². The molecule has 34 heavy (non-hydrogen) atoms. The lowest BCUT2D eigenvalue weighted by atomic mass is 9.82. The van der Waals surface area contributed by atoms with Crippen LogP contribution in [0, 0.1) is 18.8 Å². The van der Waals surface area contributed by atoms with Gasteiger partial charge in [0.25, 0.3) is 0 Å². The van der Waals surface area contributed by atoms with Crippen molar-refractivity contribution in [2.24, 2.45) is 11.8 Å². The molecule has 1 N–H and O–H groups in total. The minimum Gasteiger partial charge on any atom is -0.444 e. The number of amides is 1. The first kappa shape index (κ1) is 25.8. The maximum absolute atomic E-state index is 13.0. The number of esters is 1. The summed E-state index contributed by atoms with van der Waals surface area (Å²) in [6.45, 7) is 10.0. The highest BCUT2D eigenvalue weighted by molar-refractivity contribution is 5.90. The molecule has 1 aromatic heterocycles. The van der Waals surface area contributed by atoms with E-state index in [0.29, 0.717) is 42.0 Å². The fourth-order valence-electron chi connectivity index (χ4n) is 4.45. The Bertz CT molecular complexity index is 1070. The van der Waals surface area contributed by atoms with Crippen LogP contribution >= 0.6 is 0 Å². The van der Waals surface area contributed by atoms with E-state index in [1.54, 1.807) is 0 Å². The predicted molar refractivity (Wildman–Crippen MR) is 131 cm³/mol. The number of carbonyl (C=O) groups excluding carboxylic acids is 2. The molecule has 2 aromatic rings. The molecule has 0 bridgehead atoms. The maximum Gasteiger partial charge on any atom is 0.407 e. The number of hydrogen-bond donors (Lipinski definition) is 1. The molecule has 1 saturated carbocycles. The summed E-state index contributed by atoms with van der Waals surface area (Å²) in [6, 6.07) is 5.16. The van der Waals surface area contributed by atoms with E-state index < -0.39 is 11.7 Å². The van der Waals surface area contributed by atoms with Crippen LogP contribution < -0.4 is 15.7 Å². The average molecular weight is 472 g/mol. The second kappa shape index (κ2) is 11.1. The molecule has 7 heteroatoms. The Labute approximate surface area is 201 Å². The molecule has 1 aliphatic rings. The molecule has 0 atom stereocenters. The number of carbonyl (C=O) groups is 2. The summed E-state index contributed by atoms with van der Waals surface area (Å²) in [5.41, 5.74) is 1.26. The SMILES string of the molecule is CCCCc1cc(=O)oc2cc(C)cc(OC(=O)C3CCC(CNC(=O)OC(C)(C)C)CC3)c12. The molecule has 0 radical (unpaired) electrons. The summed E-state index contributed by atoms with van der Waals surface area (Å²) in [4.78, 5) is 37.0. The van der Waals surface area contributed by atoms with E-state index in [2.05, 4.69) is 12.2 Å². The largest absolute Gasteiger partial charge is 0.444 e. The van der Waals surface area contributed by atoms with Gasteiger partial charge in [-0.15, -0.1) is 0 Å². The number of unbranched alkanes of at least 4 members (excludes halogenated alkanes) is 1. The van der Waals surface area contributed by atoms with Gasteiger partial charge < -0.3 is 19.2 Å². The number of benzene rings is 1. The normalized spacial score (nSPS) is 18.5. The highest BCUT2D eigenvalue weighted by Crippen LogP contribution is 2.34. The molecule has 1 aliphatic carbocycles. The third-order valence-corrected chi connectivity index (χ3v) is 6.16. The van der Waals surface area contributed by atoms with E-state index >= 15 is 0 Å². The molecular weight excluding hydrogens is 434 g/mol. The molecule has 1 amide bonds. The molecule has 7 nitrogen and oxygen atoms in total. The van der Waals surface area contributed by atoms with Gasteiger partial charge in [-0.25, -0.2) is 9.59 Å². The molecule has 1 fully saturated rings. The van der Waals surface area contributed by atoms with Crippen LogP contribution in [0.5, 0.6) is 5.75 Å². The molecule has 0 spiro atoms. The van der Waals surface area contributed by atoms with Crippen molar-refractivity contribution in [1.29, 1.82) is 0 Å². The fraction of sp³-hybridized carbons (Fsp3) is 0.593. The zero-order valence-corrected chi connectivity index (χ0v) is 21.0. The first-order chi connectivity index (χ1) is 16.1. The first-order valence-corrected chi connectivity index (χ1v) is 12.3. The molecule has 1 heterocycles. The zero-order valence-electron chi connectivity index (χ0n) is 21.0. The van der Waals surface area contributed by atoms with E-state index in [9.17, 15) is 14.4 Å². The topological polar surface area (TPSA) is 94.8 Å². The second-order valence-corrected chi connectivity index (χ2v) is 10.4. The number of alkyl carbamates (subject to hydrolysis) is 1. The number of aryl methyl sites for hydroxylation is 2. The standard InChI is InChI=1S/C27H37NO6/c1-6-7-8-20-15-23(29)32-21-13-17(2)14-22(24(20)21)33-25(30)19-11-9-18(10-12-19)16-28-26(31)34-27(3,4)5/h13-15,18-19H,6-12,16H2,1-5H3,(H,28,31). The molecule has 0 unspecified atom stereocenters. The van der Waals surface area contributed by atoms with Gasteiger partial charge in [0.15, 0.2) is 0 Å². The van der Waals surface area contributed by atoms with Crippen molar-refractivity contribution >= 4 is 23.0 Å². The maximum atomic E-state index is 13.0. The fourth-order valence-corrected chi connectivity index (χ4v) is 4.45. The number of nitrogens with one attached hydrogen (secondary N) is 1. The van der Waals surface area contributed by atoms with E-state index in [-0.39, 0.29) is 17.5 Å². The van der Waals surface area contributed by atoms with Crippen LogP contribution in [-0.4, -0.2) is 24.2 Å². The van der Waals surface area contributed by atoms with Crippen LogP contribution in [0.25, 0.3) is 11.0 Å². The number of fused-ring (bicyclic) bond motifs is 1. The van der Waals surface area contributed by atoms with Crippen LogP contribution in [0.2, 0.25) is 0 Å². The smallest absolute Gasteiger partial charge is 0.407 e. The average Bonchev–Trinajstić information content (AvgIpc) is 2.74. The van der Waals surface area contributed by atoms with Gasteiger partial charge in [0.1, 0.15) is 16.9 Å². The van der Waals surface area contributed by atoms with Crippen molar-refractivity contribution in [3.8, 4) is 5.75 Å². The van der Waals surface area contributed by atoms with Crippen LogP contribution in [0.1, 0.15) is 77.3 Å². The monoisotopic (exact) mass is 471 g/mol. The second-order valence-electron chi connectivity index (χ2n) is 10.4. The Morgan fingerprint density at radius 3 is 2.47 bits per heavy atom. The lowest BCUT2D eigenvalue weighted by Gasteiger charge is -2.28. The Morgan fingerprint density at radius 2 is 1.82 bits per heavy atom. The van der Waals surface area contributed by atoms with Gasteiger partial charge in [0.2, 0.25) is 0 Å².